The molecule has 1 aromatic heterocycles. The number of amides is 1. The van der Waals surface area contributed by atoms with Crippen LogP contribution >= 0.6 is 11.8 Å². The van der Waals surface area contributed by atoms with Crippen LogP contribution in [0.15, 0.2) is 60.0 Å². The predicted molar refractivity (Wildman–Crippen MR) is 131 cm³/mol. The summed E-state index contributed by atoms with van der Waals surface area (Å²) in [6.45, 7) is 5.47. The van der Waals surface area contributed by atoms with Gasteiger partial charge < -0.3 is 10.1 Å². The highest BCUT2D eigenvalue weighted by molar-refractivity contribution is 7.99. The molecule has 10 nitrogen and oxygen atoms in total. The summed E-state index contributed by atoms with van der Waals surface area (Å²) < 4.78 is 7.02. The highest BCUT2D eigenvalue weighted by Crippen LogP contribution is 2.28. The molecule has 0 aliphatic heterocycles. The lowest BCUT2D eigenvalue weighted by Crippen LogP contribution is -2.32. The van der Waals surface area contributed by atoms with Gasteiger partial charge in [-0.1, -0.05) is 55.1 Å². The number of aromatic nitrogens is 3. The molecule has 1 N–H and O–H groups in total. The zero-order chi connectivity index (χ0) is 25.4. The number of carbonyl (C=O) groups is 2. The Bertz CT molecular complexity index is 1200. The second-order valence-electron chi connectivity index (χ2n) is 7.93. The van der Waals surface area contributed by atoms with Crippen molar-refractivity contribution in [3.8, 4) is 5.69 Å². The molecule has 0 saturated carbocycles. The molecule has 2 aromatic carbocycles. The SMILES string of the molecule is CCc1ccccc1-n1cnnc1SCC(=O)NC(CC(=O)OC(C)C)c1ccccc1[N+](=O)[O-]. The number of benzene rings is 2. The number of para-hydroxylation sites is 2. The molecule has 3 aromatic rings. The van der Waals surface area contributed by atoms with Gasteiger partial charge in [-0.25, -0.2) is 0 Å². The third kappa shape index (κ3) is 6.89. The fraction of sp³-hybridized carbons (Fsp3) is 0.333. The average Bonchev–Trinajstić information content (AvgIpc) is 3.30. The average molecular weight is 498 g/mol. The number of hydrogen-bond donors (Lipinski definition) is 1. The second kappa shape index (κ2) is 12.1. The van der Waals surface area contributed by atoms with Gasteiger partial charge in [0.15, 0.2) is 5.16 Å². The molecule has 0 bridgehead atoms. The summed E-state index contributed by atoms with van der Waals surface area (Å²) in [4.78, 5) is 36.2. The first-order valence-corrected chi connectivity index (χ1v) is 12.1. The van der Waals surface area contributed by atoms with Crippen LogP contribution < -0.4 is 5.32 Å². The van der Waals surface area contributed by atoms with Gasteiger partial charge in [0.05, 0.1) is 40.5 Å². The summed E-state index contributed by atoms with van der Waals surface area (Å²) in [5.74, 6) is -0.996. The maximum absolute atomic E-state index is 12.9. The standard InChI is InChI=1S/C24H27N5O5S/c1-4-17-9-5-7-11-20(17)28-15-25-27-24(28)35-14-22(30)26-19(13-23(31)34-16(2)3)18-10-6-8-12-21(18)29(32)33/h5-12,15-16,19H,4,13-14H2,1-3H3,(H,26,30). The van der Waals surface area contributed by atoms with Gasteiger partial charge in [-0.15, -0.1) is 10.2 Å². The lowest BCUT2D eigenvalue weighted by Gasteiger charge is -2.19. The Hall–Kier alpha value is -3.73. The summed E-state index contributed by atoms with van der Waals surface area (Å²) in [6, 6.07) is 12.9. The molecule has 1 unspecified atom stereocenters. The van der Waals surface area contributed by atoms with Crippen molar-refractivity contribution >= 4 is 29.3 Å². The molecule has 0 aliphatic rings. The van der Waals surface area contributed by atoms with E-state index in [4.69, 9.17) is 4.74 Å². The van der Waals surface area contributed by atoms with Crippen LogP contribution in [0.3, 0.4) is 0 Å². The monoisotopic (exact) mass is 497 g/mol. The topological polar surface area (TPSA) is 129 Å². The molecule has 35 heavy (non-hydrogen) atoms. The lowest BCUT2D eigenvalue weighted by atomic mass is 10.0. The van der Waals surface area contributed by atoms with E-state index in [1.165, 1.54) is 30.0 Å². The molecule has 3 rings (SSSR count). The Labute approximate surface area is 207 Å². The maximum atomic E-state index is 12.9. The van der Waals surface area contributed by atoms with E-state index in [9.17, 15) is 19.7 Å². The first-order valence-electron chi connectivity index (χ1n) is 11.1. The lowest BCUT2D eigenvalue weighted by molar-refractivity contribution is -0.385. The van der Waals surface area contributed by atoms with E-state index < -0.39 is 22.8 Å². The van der Waals surface area contributed by atoms with Crippen molar-refractivity contribution in [2.24, 2.45) is 0 Å². The van der Waals surface area contributed by atoms with Crippen LogP contribution in [0.2, 0.25) is 0 Å². The number of nitro groups is 1. The number of nitrogens with zero attached hydrogens (tertiary/aromatic N) is 4. The quantitative estimate of drug-likeness (QED) is 0.182. The van der Waals surface area contributed by atoms with Gasteiger partial charge in [0, 0.05) is 6.07 Å². The Morgan fingerprint density at radius 2 is 1.89 bits per heavy atom. The Kier molecular flexibility index (Phi) is 8.96. The van der Waals surface area contributed by atoms with Crippen molar-refractivity contribution in [2.75, 3.05) is 5.75 Å². The number of ether oxygens (including phenoxy) is 1. The van der Waals surface area contributed by atoms with Crippen molar-refractivity contribution in [2.45, 2.75) is 50.9 Å². The van der Waals surface area contributed by atoms with E-state index in [0.717, 1.165) is 17.7 Å². The van der Waals surface area contributed by atoms with Crippen LogP contribution in [-0.2, 0) is 20.7 Å². The number of nitro benzene ring substituents is 1. The normalized spacial score (nSPS) is 11.8. The summed E-state index contributed by atoms with van der Waals surface area (Å²) in [7, 11) is 0. The van der Waals surface area contributed by atoms with Crippen LogP contribution in [-0.4, -0.2) is 43.4 Å². The highest BCUT2D eigenvalue weighted by atomic mass is 32.2. The van der Waals surface area contributed by atoms with E-state index in [1.807, 2.05) is 28.8 Å². The molecule has 1 heterocycles. The largest absolute Gasteiger partial charge is 0.463 e. The van der Waals surface area contributed by atoms with E-state index in [1.54, 1.807) is 26.2 Å². The molecular formula is C24H27N5O5S. The number of esters is 1. The number of nitrogens with one attached hydrogen (secondary N) is 1. The van der Waals surface area contributed by atoms with Crippen LogP contribution in [0, 0.1) is 10.1 Å². The van der Waals surface area contributed by atoms with Gasteiger partial charge in [0.1, 0.15) is 6.33 Å². The van der Waals surface area contributed by atoms with Gasteiger partial charge >= 0.3 is 5.97 Å². The maximum Gasteiger partial charge on any atom is 0.308 e. The highest BCUT2D eigenvalue weighted by Gasteiger charge is 2.27. The van der Waals surface area contributed by atoms with Crippen molar-refractivity contribution in [3.63, 3.8) is 0 Å². The van der Waals surface area contributed by atoms with Gasteiger partial charge in [-0.2, -0.15) is 0 Å². The molecule has 0 saturated heterocycles. The van der Waals surface area contributed by atoms with Gasteiger partial charge in [-0.05, 0) is 31.9 Å². The van der Waals surface area contributed by atoms with E-state index in [2.05, 4.69) is 22.4 Å². The minimum absolute atomic E-state index is 0.0245. The van der Waals surface area contributed by atoms with Crippen LogP contribution in [0.25, 0.3) is 5.69 Å². The van der Waals surface area contributed by atoms with Gasteiger partial charge in [0.25, 0.3) is 5.69 Å². The first kappa shape index (κ1) is 25.9. The van der Waals surface area contributed by atoms with E-state index in [0.29, 0.717) is 5.16 Å². The van der Waals surface area contributed by atoms with E-state index in [-0.39, 0.29) is 29.5 Å². The van der Waals surface area contributed by atoms with Crippen molar-refractivity contribution in [1.82, 2.24) is 20.1 Å². The Balaban J connectivity index is 1.76. The fourth-order valence-electron chi connectivity index (χ4n) is 3.56. The molecule has 1 amide bonds. The fourth-order valence-corrected chi connectivity index (χ4v) is 4.30. The molecule has 0 fully saturated rings. The number of hydrogen-bond acceptors (Lipinski definition) is 8. The van der Waals surface area contributed by atoms with Crippen LogP contribution in [0.5, 0.6) is 0 Å². The molecule has 0 spiro atoms. The van der Waals surface area contributed by atoms with Crippen molar-refractivity contribution in [1.29, 1.82) is 0 Å². The number of thioether (sulfide) groups is 1. The number of rotatable bonds is 11. The Morgan fingerprint density at radius 1 is 1.17 bits per heavy atom. The smallest absolute Gasteiger partial charge is 0.308 e. The van der Waals surface area contributed by atoms with Gasteiger partial charge in [-0.3, -0.25) is 24.3 Å². The zero-order valence-corrected chi connectivity index (χ0v) is 20.5. The molecule has 0 radical (unpaired) electrons. The Morgan fingerprint density at radius 3 is 2.60 bits per heavy atom. The first-order chi connectivity index (χ1) is 16.8. The van der Waals surface area contributed by atoms with Crippen molar-refractivity contribution < 1.29 is 19.2 Å². The summed E-state index contributed by atoms with van der Waals surface area (Å²) in [5.41, 5.74) is 2.09. The summed E-state index contributed by atoms with van der Waals surface area (Å²) >= 11 is 1.18. The van der Waals surface area contributed by atoms with Gasteiger partial charge in [0.2, 0.25) is 5.91 Å². The predicted octanol–water partition coefficient (Wildman–Crippen LogP) is 4.03. The molecule has 11 heteroatoms. The van der Waals surface area contributed by atoms with Crippen molar-refractivity contribution in [3.05, 3.63) is 76.1 Å². The molecule has 184 valence electrons. The van der Waals surface area contributed by atoms with Crippen LogP contribution in [0.1, 0.15) is 44.4 Å². The minimum atomic E-state index is -0.922. The summed E-state index contributed by atoms with van der Waals surface area (Å²) in [6.07, 6.45) is 1.83. The third-order valence-corrected chi connectivity index (χ3v) is 6.01. The van der Waals surface area contributed by atoms with Crippen LogP contribution in [0.4, 0.5) is 5.69 Å². The number of carbonyl (C=O) groups excluding carboxylic acids is 2. The molecule has 0 aliphatic carbocycles. The number of aryl methyl sites for hydroxylation is 1. The molecule has 1 atom stereocenters. The summed E-state index contributed by atoms with van der Waals surface area (Å²) in [5, 5.41) is 22.9. The molecular weight excluding hydrogens is 470 g/mol. The minimum Gasteiger partial charge on any atom is -0.463 e. The third-order valence-electron chi connectivity index (χ3n) is 5.06. The zero-order valence-electron chi connectivity index (χ0n) is 19.7. The second-order valence-corrected chi connectivity index (χ2v) is 8.88. The van der Waals surface area contributed by atoms with E-state index >= 15 is 0 Å².